The van der Waals surface area contributed by atoms with Gasteiger partial charge in [0.05, 0.1) is 6.10 Å². The first kappa shape index (κ1) is 18.1. The molecule has 0 bridgehead atoms. The number of ether oxygens (including phenoxy) is 3. The molecule has 1 atom stereocenters. The number of carbonyl (C=O) groups excluding carboxylic acids is 1. The molecule has 0 saturated heterocycles. The molecule has 3 rings (SSSR count). The van der Waals surface area contributed by atoms with E-state index in [9.17, 15) is 4.79 Å². The molecule has 0 aromatic heterocycles. The van der Waals surface area contributed by atoms with Gasteiger partial charge >= 0.3 is 0 Å². The Bertz CT molecular complexity index is 727. The van der Waals surface area contributed by atoms with E-state index in [1.807, 2.05) is 44.2 Å². The third-order valence-corrected chi connectivity index (χ3v) is 4.04. The second-order valence-corrected chi connectivity index (χ2v) is 6.57. The number of rotatable bonds is 7. The summed E-state index contributed by atoms with van der Waals surface area (Å²) in [5.74, 6) is 2.04. The first-order valence-electron chi connectivity index (χ1n) is 9.03. The number of amides is 1. The van der Waals surface area contributed by atoms with Crippen molar-refractivity contribution in [2.24, 2.45) is 0 Å². The molecule has 0 saturated carbocycles. The van der Waals surface area contributed by atoms with Crippen molar-refractivity contribution in [2.45, 2.75) is 38.9 Å². The number of hydrogen-bond donors (Lipinski definition) is 1. The van der Waals surface area contributed by atoms with Crippen LogP contribution >= 0.6 is 0 Å². The van der Waals surface area contributed by atoms with E-state index >= 15 is 0 Å². The minimum atomic E-state index is -0.600. The van der Waals surface area contributed by atoms with Gasteiger partial charge in [-0.3, -0.25) is 4.79 Å². The fraction of sp³-hybridized carbons (Fsp3) is 0.381. The van der Waals surface area contributed by atoms with Gasteiger partial charge in [0.1, 0.15) is 12.4 Å². The Labute approximate surface area is 154 Å². The maximum atomic E-state index is 12.2. The van der Waals surface area contributed by atoms with E-state index in [2.05, 4.69) is 17.4 Å². The molecule has 1 aliphatic heterocycles. The van der Waals surface area contributed by atoms with Crippen LogP contribution in [0.25, 0.3) is 0 Å². The zero-order valence-electron chi connectivity index (χ0n) is 15.2. The number of benzene rings is 2. The van der Waals surface area contributed by atoms with E-state index in [0.29, 0.717) is 18.0 Å². The van der Waals surface area contributed by atoms with Crippen molar-refractivity contribution in [2.75, 3.05) is 13.2 Å². The van der Waals surface area contributed by atoms with Gasteiger partial charge in [0.2, 0.25) is 6.10 Å². The van der Waals surface area contributed by atoms with Crippen LogP contribution in [0.4, 0.5) is 0 Å². The van der Waals surface area contributed by atoms with E-state index in [-0.39, 0.29) is 18.6 Å². The highest BCUT2D eigenvalue weighted by atomic mass is 16.6. The molecule has 0 radical (unpaired) electrons. The summed E-state index contributed by atoms with van der Waals surface area (Å²) < 4.78 is 16.9. The molecule has 1 N–H and O–H groups in total. The van der Waals surface area contributed by atoms with Crippen LogP contribution in [-0.4, -0.2) is 31.3 Å². The molecule has 1 aliphatic rings. The van der Waals surface area contributed by atoms with Gasteiger partial charge in [-0.15, -0.1) is 0 Å². The lowest BCUT2D eigenvalue weighted by molar-refractivity contribution is -0.130. The van der Waals surface area contributed by atoms with Crippen LogP contribution in [-0.2, 0) is 11.2 Å². The Kier molecular flexibility index (Phi) is 6.00. The molecular formula is C21H25NO4. The lowest BCUT2D eigenvalue weighted by Gasteiger charge is -2.25. The van der Waals surface area contributed by atoms with Gasteiger partial charge in [-0.25, -0.2) is 0 Å². The topological polar surface area (TPSA) is 56.8 Å². The number of aryl methyl sites for hydroxylation is 1. The summed E-state index contributed by atoms with van der Waals surface area (Å²) in [6.07, 6.45) is 1.33. The molecular weight excluding hydrogens is 330 g/mol. The van der Waals surface area contributed by atoms with Gasteiger partial charge < -0.3 is 19.5 Å². The van der Waals surface area contributed by atoms with Crippen LogP contribution in [0.3, 0.4) is 0 Å². The predicted molar refractivity (Wildman–Crippen MR) is 99.9 cm³/mol. The molecule has 0 spiro atoms. The van der Waals surface area contributed by atoms with E-state index in [1.165, 1.54) is 5.56 Å². The molecule has 1 amide bonds. The molecule has 26 heavy (non-hydrogen) atoms. The van der Waals surface area contributed by atoms with Gasteiger partial charge in [0, 0.05) is 6.54 Å². The predicted octanol–water partition coefficient (Wildman–Crippen LogP) is 3.36. The monoisotopic (exact) mass is 355 g/mol. The van der Waals surface area contributed by atoms with Gasteiger partial charge in [0.15, 0.2) is 11.5 Å². The Morgan fingerprint density at radius 3 is 2.62 bits per heavy atom. The number of carbonyl (C=O) groups is 1. The van der Waals surface area contributed by atoms with Gasteiger partial charge in [-0.2, -0.15) is 0 Å². The summed E-state index contributed by atoms with van der Waals surface area (Å²) in [6, 6.07) is 15.5. The third kappa shape index (κ3) is 4.91. The fourth-order valence-electron chi connectivity index (χ4n) is 2.77. The summed E-state index contributed by atoms with van der Waals surface area (Å²) in [4.78, 5) is 12.2. The highest BCUT2D eigenvalue weighted by Gasteiger charge is 2.26. The largest absolute Gasteiger partial charge is 0.491 e. The Balaban J connectivity index is 1.39. The van der Waals surface area contributed by atoms with Crippen LogP contribution in [0.2, 0.25) is 0 Å². The van der Waals surface area contributed by atoms with Crippen LogP contribution in [0.15, 0.2) is 48.5 Å². The zero-order valence-corrected chi connectivity index (χ0v) is 15.2. The minimum Gasteiger partial charge on any atom is -0.491 e. The van der Waals surface area contributed by atoms with Crippen LogP contribution in [0.1, 0.15) is 25.8 Å². The second kappa shape index (κ2) is 8.61. The Morgan fingerprint density at radius 2 is 1.88 bits per heavy atom. The highest BCUT2D eigenvalue weighted by Crippen LogP contribution is 2.30. The summed E-state index contributed by atoms with van der Waals surface area (Å²) in [7, 11) is 0. The molecule has 2 aromatic carbocycles. The fourth-order valence-corrected chi connectivity index (χ4v) is 2.77. The lowest BCUT2D eigenvalue weighted by Crippen LogP contribution is -2.44. The van der Waals surface area contributed by atoms with Gasteiger partial charge in [0.25, 0.3) is 5.91 Å². The normalized spacial score (nSPS) is 15.6. The number of hydrogen-bond acceptors (Lipinski definition) is 4. The van der Waals surface area contributed by atoms with Crippen molar-refractivity contribution < 1.29 is 19.0 Å². The van der Waals surface area contributed by atoms with Crippen molar-refractivity contribution in [3.8, 4) is 17.2 Å². The average Bonchev–Trinajstić information content (AvgIpc) is 2.65. The summed E-state index contributed by atoms with van der Waals surface area (Å²) in [6.45, 7) is 4.86. The standard InChI is InChI=1S/C21H25NO4/c1-15(2)25-17-11-9-16(10-12-17)6-5-13-22-21(23)20-14-24-18-7-3-4-8-19(18)26-20/h3-4,7-12,15,20H,5-6,13-14H2,1-2H3,(H,22,23)/t20-/m1/s1. The molecule has 2 aromatic rings. The van der Waals surface area contributed by atoms with Crippen LogP contribution < -0.4 is 19.5 Å². The van der Waals surface area contributed by atoms with Crippen LogP contribution in [0, 0.1) is 0 Å². The zero-order chi connectivity index (χ0) is 18.4. The van der Waals surface area contributed by atoms with Crippen molar-refractivity contribution in [3.63, 3.8) is 0 Å². The molecule has 1 heterocycles. The average molecular weight is 355 g/mol. The Morgan fingerprint density at radius 1 is 1.15 bits per heavy atom. The van der Waals surface area contributed by atoms with Gasteiger partial charge in [-0.1, -0.05) is 24.3 Å². The second-order valence-electron chi connectivity index (χ2n) is 6.57. The third-order valence-electron chi connectivity index (χ3n) is 4.04. The van der Waals surface area contributed by atoms with Crippen LogP contribution in [0.5, 0.6) is 17.2 Å². The smallest absolute Gasteiger partial charge is 0.264 e. The SMILES string of the molecule is CC(C)Oc1ccc(CCCNC(=O)[C@H]2COc3ccccc3O2)cc1. The maximum absolute atomic E-state index is 12.2. The lowest BCUT2D eigenvalue weighted by atomic mass is 10.1. The molecule has 5 nitrogen and oxygen atoms in total. The molecule has 138 valence electrons. The number of para-hydroxylation sites is 2. The van der Waals surface area contributed by atoms with E-state index in [0.717, 1.165) is 18.6 Å². The summed E-state index contributed by atoms with van der Waals surface area (Å²) in [5, 5.41) is 2.92. The quantitative estimate of drug-likeness (QED) is 0.774. The maximum Gasteiger partial charge on any atom is 0.264 e. The van der Waals surface area contributed by atoms with E-state index in [4.69, 9.17) is 14.2 Å². The van der Waals surface area contributed by atoms with Gasteiger partial charge in [-0.05, 0) is 56.5 Å². The van der Waals surface area contributed by atoms with Crippen molar-refractivity contribution in [1.82, 2.24) is 5.32 Å². The summed E-state index contributed by atoms with van der Waals surface area (Å²) in [5.41, 5.74) is 1.22. The Hall–Kier alpha value is -2.69. The first-order chi connectivity index (χ1) is 12.6. The van der Waals surface area contributed by atoms with Crippen molar-refractivity contribution in [3.05, 3.63) is 54.1 Å². The van der Waals surface area contributed by atoms with Crippen molar-refractivity contribution >= 4 is 5.91 Å². The number of fused-ring (bicyclic) bond motifs is 1. The highest BCUT2D eigenvalue weighted by molar-refractivity contribution is 5.81. The van der Waals surface area contributed by atoms with E-state index in [1.54, 1.807) is 6.07 Å². The number of nitrogens with one attached hydrogen (secondary N) is 1. The minimum absolute atomic E-state index is 0.139. The van der Waals surface area contributed by atoms with E-state index < -0.39 is 6.10 Å². The molecule has 5 heteroatoms. The van der Waals surface area contributed by atoms with Crippen molar-refractivity contribution in [1.29, 1.82) is 0 Å². The molecule has 0 aliphatic carbocycles. The molecule has 0 unspecified atom stereocenters. The first-order valence-corrected chi connectivity index (χ1v) is 9.03. The molecule has 0 fully saturated rings. The summed E-state index contributed by atoms with van der Waals surface area (Å²) >= 11 is 0.